The molecular formula is C8H6F3NO3. The number of hydrogen-bond donors (Lipinski definition) is 1. The SMILES string of the molecule is COC(=O)c1ccnc(C(F)(F)F)c1O. The molecule has 0 aliphatic carbocycles. The largest absolute Gasteiger partial charge is 0.505 e. The van der Waals surface area contributed by atoms with Crippen LogP contribution in [0.25, 0.3) is 0 Å². The number of hydrogen-bond acceptors (Lipinski definition) is 4. The number of carbonyl (C=O) groups excluding carboxylic acids is 1. The standard InChI is InChI=1S/C8H6F3NO3/c1-15-7(14)4-2-3-12-6(5(4)13)8(9,10)11/h2-3,13H,1H3. The number of rotatable bonds is 1. The van der Waals surface area contributed by atoms with Gasteiger partial charge in [-0.3, -0.25) is 0 Å². The quantitative estimate of drug-likeness (QED) is 0.731. The summed E-state index contributed by atoms with van der Waals surface area (Å²) in [4.78, 5) is 13.9. The van der Waals surface area contributed by atoms with Crippen LogP contribution in [0.2, 0.25) is 0 Å². The molecule has 0 radical (unpaired) electrons. The fraction of sp³-hybridized carbons (Fsp3) is 0.250. The number of methoxy groups -OCH3 is 1. The zero-order chi connectivity index (χ0) is 11.6. The minimum absolute atomic E-state index is 0.570. The molecule has 1 aromatic heterocycles. The van der Waals surface area contributed by atoms with Crippen molar-refractivity contribution in [2.75, 3.05) is 7.11 Å². The number of carbonyl (C=O) groups is 1. The van der Waals surface area contributed by atoms with Gasteiger partial charge in [-0.05, 0) is 6.07 Å². The van der Waals surface area contributed by atoms with Crippen molar-refractivity contribution in [1.29, 1.82) is 0 Å². The van der Waals surface area contributed by atoms with Crippen molar-refractivity contribution in [3.8, 4) is 5.75 Å². The average Bonchev–Trinajstić information content (AvgIpc) is 2.15. The zero-order valence-corrected chi connectivity index (χ0v) is 7.50. The molecule has 1 rings (SSSR count). The number of aromatic nitrogens is 1. The molecule has 1 aromatic rings. The molecule has 0 spiro atoms. The Morgan fingerprint density at radius 3 is 2.60 bits per heavy atom. The summed E-state index contributed by atoms with van der Waals surface area (Å²) in [6, 6.07) is 0.941. The van der Waals surface area contributed by atoms with Gasteiger partial charge in [-0.1, -0.05) is 0 Å². The predicted octanol–water partition coefficient (Wildman–Crippen LogP) is 1.59. The number of halogens is 3. The van der Waals surface area contributed by atoms with Gasteiger partial charge in [0, 0.05) is 6.20 Å². The lowest BCUT2D eigenvalue weighted by Gasteiger charge is -2.09. The first-order valence-corrected chi connectivity index (χ1v) is 3.71. The van der Waals surface area contributed by atoms with Gasteiger partial charge in [-0.2, -0.15) is 13.2 Å². The summed E-state index contributed by atoms with van der Waals surface area (Å²) < 4.78 is 40.9. The molecule has 0 fully saturated rings. The third-order valence-electron chi connectivity index (χ3n) is 1.60. The van der Waals surface area contributed by atoms with E-state index < -0.39 is 29.2 Å². The van der Waals surface area contributed by atoms with Crippen molar-refractivity contribution in [2.24, 2.45) is 0 Å². The van der Waals surface area contributed by atoms with E-state index in [9.17, 15) is 18.0 Å². The van der Waals surface area contributed by atoms with Crippen molar-refractivity contribution in [3.63, 3.8) is 0 Å². The van der Waals surface area contributed by atoms with Gasteiger partial charge in [0.15, 0.2) is 11.4 Å². The van der Waals surface area contributed by atoms with E-state index in [1.807, 2.05) is 0 Å². The van der Waals surface area contributed by atoms with Gasteiger partial charge in [-0.25, -0.2) is 9.78 Å². The molecule has 0 aliphatic heterocycles. The van der Waals surface area contributed by atoms with Gasteiger partial charge < -0.3 is 9.84 Å². The highest BCUT2D eigenvalue weighted by Crippen LogP contribution is 2.35. The van der Waals surface area contributed by atoms with E-state index >= 15 is 0 Å². The van der Waals surface area contributed by atoms with Gasteiger partial charge in [0.2, 0.25) is 0 Å². The van der Waals surface area contributed by atoms with Crippen LogP contribution < -0.4 is 0 Å². The maximum atomic E-state index is 12.2. The van der Waals surface area contributed by atoms with Gasteiger partial charge in [-0.15, -0.1) is 0 Å². The minimum Gasteiger partial charge on any atom is -0.505 e. The predicted molar refractivity (Wildman–Crippen MR) is 42.2 cm³/mol. The van der Waals surface area contributed by atoms with Gasteiger partial charge in [0.25, 0.3) is 0 Å². The monoisotopic (exact) mass is 221 g/mol. The molecule has 1 heterocycles. The van der Waals surface area contributed by atoms with Gasteiger partial charge in [0.05, 0.1) is 7.11 Å². The van der Waals surface area contributed by atoms with Gasteiger partial charge in [0.1, 0.15) is 5.56 Å². The Morgan fingerprint density at radius 1 is 1.53 bits per heavy atom. The van der Waals surface area contributed by atoms with E-state index in [2.05, 4.69) is 9.72 Å². The van der Waals surface area contributed by atoms with E-state index in [1.54, 1.807) is 0 Å². The molecule has 15 heavy (non-hydrogen) atoms. The van der Waals surface area contributed by atoms with E-state index in [4.69, 9.17) is 5.11 Å². The second-order valence-corrected chi connectivity index (χ2v) is 2.55. The molecule has 0 unspecified atom stereocenters. The number of pyridine rings is 1. The molecule has 0 bridgehead atoms. The Kier molecular flexibility index (Phi) is 2.83. The molecule has 0 aliphatic rings. The molecule has 0 aromatic carbocycles. The molecule has 1 N–H and O–H groups in total. The zero-order valence-electron chi connectivity index (χ0n) is 7.50. The highest BCUT2D eigenvalue weighted by Gasteiger charge is 2.37. The smallest absolute Gasteiger partial charge is 0.437 e. The van der Waals surface area contributed by atoms with Crippen molar-refractivity contribution < 1.29 is 27.8 Å². The van der Waals surface area contributed by atoms with Crippen LogP contribution in [0.5, 0.6) is 5.75 Å². The first kappa shape index (κ1) is 11.3. The van der Waals surface area contributed by atoms with Crippen LogP contribution in [0.15, 0.2) is 12.3 Å². The number of ether oxygens (including phenoxy) is 1. The Bertz CT molecular complexity index is 389. The topological polar surface area (TPSA) is 59.4 Å². The molecule has 82 valence electrons. The molecule has 0 amide bonds. The summed E-state index contributed by atoms with van der Waals surface area (Å²) in [7, 11) is 0.995. The van der Waals surface area contributed by atoms with Crippen molar-refractivity contribution in [3.05, 3.63) is 23.5 Å². The second-order valence-electron chi connectivity index (χ2n) is 2.55. The van der Waals surface area contributed by atoms with Gasteiger partial charge >= 0.3 is 12.1 Å². The number of aromatic hydroxyl groups is 1. The molecule has 7 heteroatoms. The molecule has 0 saturated carbocycles. The fourth-order valence-corrected chi connectivity index (χ4v) is 0.936. The lowest BCUT2D eigenvalue weighted by molar-refractivity contribution is -0.142. The highest BCUT2D eigenvalue weighted by atomic mass is 19.4. The Hall–Kier alpha value is -1.79. The van der Waals surface area contributed by atoms with Crippen LogP contribution in [0, 0.1) is 0 Å². The van der Waals surface area contributed by atoms with Crippen LogP contribution in [-0.2, 0) is 10.9 Å². The van der Waals surface area contributed by atoms with Crippen LogP contribution in [-0.4, -0.2) is 23.2 Å². The molecule has 0 saturated heterocycles. The lowest BCUT2D eigenvalue weighted by atomic mass is 10.2. The second kappa shape index (κ2) is 3.76. The fourth-order valence-electron chi connectivity index (χ4n) is 0.936. The summed E-state index contributed by atoms with van der Waals surface area (Å²) in [6.07, 6.45) is -4.04. The Labute approximate surface area is 82.3 Å². The van der Waals surface area contributed by atoms with Crippen LogP contribution in [0.3, 0.4) is 0 Å². The van der Waals surface area contributed by atoms with Crippen LogP contribution >= 0.6 is 0 Å². The van der Waals surface area contributed by atoms with E-state index in [-0.39, 0.29) is 0 Å². The third-order valence-corrected chi connectivity index (χ3v) is 1.60. The van der Waals surface area contributed by atoms with Crippen molar-refractivity contribution >= 4 is 5.97 Å². The molecular weight excluding hydrogens is 215 g/mol. The molecule has 4 nitrogen and oxygen atoms in total. The van der Waals surface area contributed by atoms with Crippen molar-refractivity contribution in [2.45, 2.75) is 6.18 Å². The number of alkyl halides is 3. The van der Waals surface area contributed by atoms with Crippen LogP contribution in [0.4, 0.5) is 13.2 Å². The first-order valence-electron chi connectivity index (χ1n) is 3.71. The van der Waals surface area contributed by atoms with E-state index in [1.165, 1.54) is 0 Å². The normalized spacial score (nSPS) is 11.2. The minimum atomic E-state index is -4.81. The maximum absolute atomic E-state index is 12.2. The van der Waals surface area contributed by atoms with E-state index in [0.29, 0.717) is 0 Å². The van der Waals surface area contributed by atoms with Crippen LogP contribution in [0.1, 0.15) is 16.1 Å². The summed E-state index contributed by atoms with van der Waals surface area (Å²) >= 11 is 0. The summed E-state index contributed by atoms with van der Waals surface area (Å²) in [6.45, 7) is 0. The summed E-state index contributed by atoms with van der Waals surface area (Å²) in [5.74, 6) is -2.28. The third kappa shape index (κ3) is 2.17. The number of esters is 1. The first-order chi connectivity index (χ1) is 6.88. The maximum Gasteiger partial charge on any atom is 0.437 e. The average molecular weight is 221 g/mol. The van der Waals surface area contributed by atoms with E-state index in [0.717, 1.165) is 19.4 Å². The highest BCUT2D eigenvalue weighted by molar-refractivity contribution is 5.92. The Balaban J connectivity index is 3.30. The summed E-state index contributed by atoms with van der Waals surface area (Å²) in [5.41, 5.74) is -2.08. The summed E-state index contributed by atoms with van der Waals surface area (Å²) in [5, 5.41) is 9.14. The molecule has 0 atom stereocenters. The Morgan fingerprint density at radius 2 is 2.13 bits per heavy atom. The van der Waals surface area contributed by atoms with Crippen molar-refractivity contribution in [1.82, 2.24) is 4.98 Å². The lowest BCUT2D eigenvalue weighted by Crippen LogP contribution is -2.11. The number of nitrogens with zero attached hydrogens (tertiary/aromatic N) is 1.